The highest BCUT2D eigenvalue weighted by atomic mass is 16.3. The minimum Gasteiger partial charge on any atom is -0.507 e. The molecule has 0 amide bonds. The second-order valence-electron chi connectivity index (χ2n) is 5.06. The quantitative estimate of drug-likeness (QED) is 0.711. The van der Waals surface area contributed by atoms with Crippen molar-refractivity contribution >= 4 is 11.8 Å². The molecular weight excluding hydrogens is 276 g/mol. The first-order chi connectivity index (χ1) is 10.5. The summed E-state index contributed by atoms with van der Waals surface area (Å²) in [7, 11) is 0. The molecule has 5 heteroatoms. The Bertz CT molecular complexity index is 679. The van der Waals surface area contributed by atoms with Crippen molar-refractivity contribution in [2.75, 3.05) is 11.5 Å². The lowest BCUT2D eigenvalue weighted by molar-refractivity contribution is 0.464. The maximum atomic E-state index is 10.3. The van der Waals surface area contributed by atoms with E-state index in [-0.39, 0.29) is 5.95 Å². The Morgan fingerprint density at radius 3 is 2.14 bits per heavy atom. The van der Waals surface area contributed by atoms with E-state index in [1.165, 1.54) is 0 Å². The van der Waals surface area contributed by atoms with Crippen molar-refractivity contribution in [3.05, 3.63) is 65.9 Å². The number of nitrogens with two attached hydrogens (primary N) is 2. The fraction of sp³-hybridized carbons (Fsp3) is 0.176. The summed E-state index contributed by atoms with van der Waals surface area (Å²) in [6, 6.07) is 3.89. The Morgan fingerprint density at radius 1 is 1.05 bits per heavy atom. The zero-order valence-electron chi connectivity index (χ0n) is 12.4. The van der Waals surface area contributed by atoms with Crippen LogP contribution in [0.5, 0.6) is 5.75 Å². The molecule has 0 saturated heterocycles. The van der Waals surface area contributed by atoms with Gasteiger partial charge in [-0.25, -0.2) is 4.98 Å². The summed E-state index contributed by atoms with van der Waals surface area (Å²) in [4.78, 5) is 7.94. The summed E-state index contributed by atoms with van der Waals surface area (Å²) in [5.41, 5.74) is 14.9. The van der Waals surface area contributed by atoms with Gasteiger partial charge in [-0.1, -0.05) is 24.3 Å². The monoisotopic (exact) mass is 296 g/mol. The SMILES string of the molecule is C=CCc1cc(Cc2cnc(N)nc2N)cc(CC=C)c1O. The van der Waals surface area contributed by atoms with E-state index in [4.69, 9.17) is 11.5 Å². The molecule has 5 N–H and O–H groups in total. The van der Waals surface area contributed by atoms with Gasteiger partial charge in [0.2, 0.25) is 5.95 Å². The van der Waals surface area contributed by atoms with Crippen molar-refractivity contribution in [3.63, 3.8) is 0 Å². The first-order valence-electron chi connectivity index (χ1n) is 6.97. The fourth-order valence-electron chi connectivity index (χ4n) is 2.35. The topological polar surface area (TPSA) is 98.0 Å². The molecular formula is C17H20N4O. The summed E-state index contributed by atoms with van der Waals surface area (Å²) in [5, 5.41) is 10.3. The molecule has 2 aromatic rings. The second-order valence-corrected chi connectivity index (χ2v) is 5.06. The van der Waals surface area contributed by atoms with Gasteiger partial charge in [-0.05, 0) is 29.5 Å². The Balaban J connectivity index is 2.41. The van der Waals surface area contributed by atoms with Crippen LogP contribution in [0.3, 0.4) is 0 Å². The first kappa shape index (κ1) is 15.6. The number of phenolic OH excluding ortho intramolecular Hbond substituents is 1. The molecule has 2 rings (SSSR count). The summed E-state index contributed by atoms with van der Waals surface area (Å²) < 4.78 is 0. The zero-order valence-corrected chi connectivity index (χ0v) is 12.4. The molecule has 1 aromatic heterocycles. The van der Waals surface area contributed by atoms with E-state index in [0.29, 0.717) is 30.8 Å². The number of hydrogen-bond donors (Lipinski definition) is 3. The van der Waals surface area contributed by atoms with Crippen LogP contribution in [0.15, 0.2) is 43.6 Å². The van der Waals surface area contributed by atoms with E-state index in [0.717, 1.165) is 22.3 Å². The third kappa shape index (κ3) is 3.44. The number of allylic oxidation sites excluding steroid dienone is 2. The maximum absolute atomic E-state index is 10.3. The van der Waals surface area contributed by atoms with Crippen molar-refractivity contribution in [2.45, 2.75) is 19.3 Å². The fourth-order valence-corrected chi connectivity index (χ4v) is 2.35. The third-order valence-corrected chi connectivity index (χ3v) is 3.37. The molecule has 0 unspecified atom stereocenters. The van der Waals surface area contributed by atoms with Crippen LogP contribution in [0.25, 0.3) is 0 Å². The van der Waals surface area contributed by atoms with Crippen LogP contribution in [-0.4, -0.2) is 15.1 Å². The molecule has 0 fully saturated rings. The molecule has 1 aromatic carbocycles. The summed E-state index contributed by atoms with van der Waals surface area (Å²) in [5.74, 6) is 0.827. The standard InChI is InChI=1S/C17H20N4O/c1-3-5-12-7-11(8-13(6-4-2)15(12)22)9-14-10-20-17(19)21-16(14)18/h3-4,7-8,10,22H,1-2,5-6,9H2,(H4,18,19,20,21). The van der Waals surface area contributed by atoms with Gasteiger partial charge in [-0.15, -0.1) is 13.2 Å². The van der Waals surface area contributed by atoms with Crippen LogP contribution < -0.4 is 11.5 Å². The molecule has 0 radical (unpaired) electrons. The maximum Gasteiger partial charge on any atom is 0.221 e. The third-order valence-electron chi connectivity index (χ3n) is 3.37. The summed E-state index contributed by atoms with van der Waals surface area (Å²) in [6.07, 6.45) is 6.91. The molecule has 0 bridgehead atoms. The number of anilines is 2. The van der Waals surface area contributed by atoms with Crippen molar-refractivity contribution in [1.29, 1.82) is 0 Å². The van der Waals surface area contributed by atoms with Gasteiger partial charge in [0.05, 0.1) is 0 Å². The molecule has 5 nitrogen and oxygen atoms in total. The largest absolute Gasteiger partial charge is 0.507 e. The van der Waals surface area contributed by atoms with E-state index < -0.39 is 0 Å². The molecule has 114 valence electrons. The molecule has 0 spiro atoms. The molecule has 0 atom stereocenters. The average molecular weight is 296 g/mol. The van der Waals surface area contributed by atoms with E-state index in [2.05, 4.69) is 23.1 Å². The van der Waals surface area contributed by atoms with Gasteiger partial charge in [0.25, 0.3) is 0 Å². The van der Waals surface area contributed by atoms with Crippen LogP contribution in [0.2, 0.25) is 0 Å². The number of benzene rings is 1. The molecule has 0 aliphatic rings. The lowest BCUT2D eigenvalue weighted by atomic mass is 9.96. The van der Waals surface area contributed by atoms with Gasteiger partial charge in [0, 0.05) is 18.2 Å². The highest BCUT2D eigenvalue weighted by Crippen LogP contribution is 2.28. The highest BCUT2D eigenvalue weighted by Gasteiger charge is 2.11. The summed E-state index contributed by atoms with van der Waals surface area (Å²) in [6.45, 7) is 7.45. The molecule has 0 aliphatic heterocycles. The van der Waals surface area contributed by atoms with Crippen molar-refractivity contribution in [1.82, 2.24) is 9.97 Å². The number of phenols is 1. The molecule has 0 aliphatic carbocycles. The Kier molecular flexibility index (Phi) is 4.78. The first-order valence-corrected chi connectivity index (χ1v) is 6.97. The Labute approximate surface area is 130 Å². The smallest absolute Gasteiger partial charge is 0.221 e. The second kappa shape index (κ2) is 6.76. The highest BCUT2D eigenvalue weighted by molar-refractivity contribution is 5.49. The van der Waals surface area contributed by atoms with E-state index in [1.54, 1.807) is 18.3 Å². The average Bonchev–Trinajstić information content (AvgIpc) is 2.47. The number of hydrogen-bond acceptors (Lipinski definition) is 5. The molecule has 1 heterocycles. The number of aromatic hydroxyl groups is 1. The Morgan fingerprint density at radius 2 is 1.64 bits per heavy atom. The van der Waals surface area contributed by atoms with Gasteiger partial charge in [-0.2, -0.15) is 4.98 Å². The number of nitrogens with zero attached hydrogens (tertiary/aromatic N) is 2. The van der Waals surface area contributed by atoms with Crippen LogP contribution in [0.4, 0.5) is 11.8 Å². The van der Waals surface area contributed by atoms with Crippen molar-refractivity contribution < 1.29 is 5.11 Å². The normalized spacial score (nSPS) is 10.4. The number of aromatic nitrogens is 2. The predicted octanol–water partition coefficient (Wildman–Crippen LogP) is 2.39. The Hall–Kier alpha value is -2.82. The van der Waals surface area contributed by atoms with Gasteiger partial charge >= 0.3 is 0 Å². The minimum absolute atomic E-state index is 0.159. The number of nitrogen functional groups attached to an aromatic ring is 2. The van der Waals surface area contributed by atoms with E-state index in [9.17, 15) is 5.11 Å². The van der Waals surface area contributed by atoms with Gasteiger partial charge < -0.3 is 16.6 Å². The van der Waals surface area contributed by atoms with Gasteiger partial charge in [0.15, 0.2) is 0 Å². The van der Waals surface area contributed by atoms with E-state index in [1.807, 2.05) is 12.1 Å². The lowest BCUT2D eigenvalue weighted by Gasteiger charge is -2.12. The van der Waals surface area contributed by atoms with Crippen molar-refractivity contribution in [3.8, 4) is 5.75 Å². The van der Waals surface area contributed by atoms with Crippen LogP contribution in [-0.2, 0) is 19.3 Å². The minimum atomic E-state index is 0.159. The zero-order chi connectivity index (χ0) is 16.1. The van der Waals surface area contributed by atoms with Crippen LogP contribution in [0.1, 0.15) is 22.3 Å². The van der Waals surface area contributed by atoms with Crippen molar-refractivity contribution in [2.24, 2.45) is 0 Å². The van der Waals surface area contributed by atoms with Gasteiger partial charge in [0.1, 0.15) is 11.6 Å². The van der Waals surface area contributed by atoms with E-state index >= 15 is 0 Å². The predicted molar refractivity (Wildman–Crippen MR) is 89.6 cm³/mol. The summed E-state index contributed by atoms with van der Waals surface area (Å²) >= 11 is 0. The molecule has 0 saturated carbocycles. The van der Waals surface area contributed by atoms with Crippen LogP contribution >= 0.6 is 0 Å². The van der Waals surface area contributed by atoms with Gasteiger partial charge in [-0.3, -0.25) is 0 Å². The molecule has 22 heavy (non-hydrogen) atoms. The van der Waals surface area contributed by atoms with Crippen LogP contribution in [0, 0.1) is 0 Å². The lowest BCUT2D eigenvalue weighted by Crippen LogP contribution is -2.04. The number of rotatable bonds is 6.